The van der Waals surface area contributed by atoms with Gasteiger partial charge >= 0.3 is 0 Å². The summed E-state index contributed by atoms with van der Waals surface area (Å²) in [6, 6.07) is 10.5. The number of nitro groups is 1. The van der Waals surface area contributed by atoms with E-state index in [1.54, 1.807) is 34.5 Å². The largest absolute Gasteiger partial charge is 0.329 e. The molecule has 0 amide bonds. The molecule has 0 saturated carbocycles. The highest BCUT2D eigenvalue weighted by Crippen LogP contribution is 2.32. The summed E-state index contributed by atoms with van der Waals surface area (Å²) in [6.07, 6.45) is 1.44. The van der Waals surface area contributed by atoms with Crippen molar-refractivity contribution < 1.29 is 9.31 Å². The summed E-state index contributed by atoms with van der Waals surface area (Å²) >= 11 is 0. The van der Waals surface area contributed by atoms with Gasteiger partial charge in [0.05, 0.1) is 10.4 Å². The fourth-order valence-electron chi connectivity index (χ4n) is 2.71. The molecule has 0 aliphatic rings. The number of halogens is 1. The van der Waals surface area contributed by atoms with E-state index in [-0.39, 0.29) is 11.5 Å². The van der Waals surface area contributed by atoms with Crippen LogP contribution in [0.1, 0.15) is 0 Å². The van der Waals surface area contributed by atoms with Gasteiger partial charge in [-0.1, -0.05) is 6.07 Å². The molecule has 9 heteroatoms. The summed E-state index contributed by atoms with van der Waals surface area (Å²) in [7, 11) is 1.74. The van der Waals surface area contributed by atoms with Crippen LogP contribution in [0.2, 0.25) is 0 Å². The first-order chi connectivity index (χ1) is 12.0. The van der Waals surface area contributed by atoms with Gasteiger partial charge in [0.1, 0.15) is 18.0 Å². The lowest BCUT2D eigenvalue weighted by Crippen LogP contribution is -2.13. The van der Waals surface area contributed by atoms with E-state index >= 15 is 0 Å². The van der Waals surface area contributed by atoms with E-state index < -0.39 is 4.92 Å². The molecule has 0 unspecified atom stereocenters. The lowest BCUT2D eigenvalue weighted by atomic mass is 10.2. The molecular formula is C16H11FN6O2. The minimum atomic E-state index is -0.466. The number of nitrogens with zero attached hydrogens (tertiary/aromatic N) is 6. The Morgan fingerprint density at radius 1 is 1.24 bits per heavy atom. The molecule has 4 rings (SSSR count). The Kier molecular flexibility index (Phi) is 3.27. The average molecular weight is 338 g/mol. The van der Waals surface area contributed by atoms with E-state index in [2.05, 4.69) is 15.2 Å². The lowest BCUT2D eigenvalue weighted by molar-refractivity contribution is -0.384. The van der Waals surface area contributed by atoms with Gasteiger partial charge in [0.25, 0.3) is 11.5 Å². The molecule has 0 spiro atoms. The quantitative estimate of drug-likeness (QED) is 0.421. The second kappa shape index (κ2) is 5.48. The van der Waals surface area contributed by atoms with Crippen LogP contribution in [0, 0.1) is 15.9 Å². The fourth-order valence-corrected chi connectivity index (χ4v) is 2.71. The Balaban J connectivity index is 2.00. The first kappa shape index (κ1) is 14.9. The van der Waals surface area contributed by atoms with E-state index in [1.165, 1.54) is 30.6 Å². The van der Waals surface area contributed by atoms with Crippen molar-refractivity contribution in [1.82, 2.24) is 19.6 Å². The number of aromatic nitrogens is 4. The Morgan fingerprint density at radius 3 is 2.84 bits per heavy atom. The molecule has 0 N–H and O–H groups in total. The number of non-ortho nitro benzene ring substituents is 1. The van der Waals surface area contributed by atoms with Crippen molar-refractivity contribution in [2.24, 2.45) is 0 Å². The maximum absolute atomic E-state index is 13.6. The summed E-state index contributed by atoms with van der Waals surface area (Å²) in [5, 5.41) is 19.5. The lowest BCUT2D eigenvalue weighted by Gasteiger charge is -2.20. The molecule has 0 bridgehead atoms. The SMILES string of the molecule is CN(c1cccc(F)c1)c1nc2nncn2c2cc([N+](=O)[O-])ccc12. The number of nitro benzene ring substituents is 1. The van der Waals surface area contributed by atoms with Crippen molar-refractivity contribution in [3.63, 3.8) is 0 Å². The summed E-state index contributed by atoms with van der Waals surface area (Å²) < 4.78 is 15.1. The van der Waals surface area contributed by atoms with E-state index in [9.17, 15) is 14.5 Å². The van der Waals surface area contributed by atoms with Crippen molar-refractivity contribution in [2.45, 2.75) is 0 Å². The minimum Gasteiger partial charge on any atom is -0.329 e. The predicted octanol–water partition coefficient (Wildman–Crippen LogP) is 3.09. The van der Waals surface area contributed by atoms with Gasteiger partial charge in [0.15, 0.2) is 0 Å². The van der Waals surface area contributed by atoms with Crippen molar-refractivity contribution in [3.8, 4) is 0 Å². The summed E-state index contributed by atoms with van der Waals surface area (Å²) in [5.74, 6) is 0.426. The number of rotatable bonds is 3. The minimum absolute atomic E-state index is 0.0481. The number of hydrogen-bond donors (Lipinski definition) is 0. The molecular weight excluding hydrogens is 327 g/mol. The zero-order valence-corrected chi connectivity index (χ0v) is 13.0. The molecule has 8 nitrogen and oxygen atoms in total. The first-order valence-electron chi connectivity index (χ1n) is 7.32. The van der Waals surface area contributed by atoms with Crippen molar-refractivity contribution in [2.75, 3.05) is 11.9 Å². The number of fused-ring (bicyclic) bond motifs is 3. The summed E-state index contributed by atoms with van der Waals surface area (Å²) in [6.45, 7) is 0. The van der Waals surface area contributed by atoms with Crippen LogP contribution >= 0.6 is 0 Å². The topological polar surface area (TPSA) is 89.5 Å². The van der Waals surface area contributed by atoms with Crippen LogP contribution < -0.4 is 4.90 Å². The van der Waals surface area contributed by atoms with Gasteiger partial charge in [-0.25, -0.2) is 4.39 Å². The highest BCUT2D eigenvalue weighted by Gasteiger charge is 2.17. The van der Waals surface area contributed by atoms with Crippen molar-refractivity contribution in [1.29, 1.82) is 0 Å². The zero-order chi connectivity index (χ0) is 17.6. The van der Waals surface area contributed by atoms with E-state index in [0.717, 1.165) is 0 Å². The van der Waals surface area contributed by atoms with Crippen LogP contribution in [0.5, 0.6) is 0 Å². The first-order valence-corrected chi connectivity index (χ1v) is 7.32. The van der Waals surface area contributed by atoms with Gasteiger partial charge < -0.3 is 4.90 Å². The molecule has 0 saturated heterocycles. The third kappa shape index (κ3) is 2.42. The molecule has 2 heterocycles. The Bertz CT molecular complexity index is 1130. The maximum Gasteiger partial charge on any atom is 0.271 e. The van der Waals surface area contributed by atoms with Gasteiger partial charge in [-0.3, -0.25) is 14.5 Å². The van der Waals surface area contributed by atoms with Gasteiger partial charge in [0.2, 0.25) is 0 Å². The third-order valence-electron chi connectivity index (χ3n) is 3.94. The number of anilines is 2. The van der Waals surface area contributed by atoms with E-state index in [4.69, 9.17) is 0 Å². The summed E-state index contributed by atoms with van der Waals surface area (Å²) in [5.41, 5.74) is 1.09. The molecule has 0 atom stereocenters. The van der Waals surface area contributed by atoms with Crippen molar-refractivity contribution in [3.05, 3.63) is 64.7 Å². The van der Waals surface area contributed by atoms with E-state index in [1.807, 2.05) is 0 Å². The second-order valence-electron chi connectivity index (χ2n) is 5.43. The molecule has 4 aromatic rings. The van der Waals surface area contributed by atoms with Crippen LogP contribution in [0.15, 0.2) is 48.8 Å². The van der Waals surface area contributed by atoms with E-state index in [0.29, 0.717) is 28.2 Å². The molecule has 0 fully saturated rings. The third-order valence-corrected chi connectivity index (χ3v) is 3.94. The van der Waals surface area contributed by atoms with Crippen LogP contribution in [-0.2, 0) is 0 Å². The van der Waals surface area contributed by atoms with Crippen LogP contribution in [0.25, 0.3) is 16.7 Å². The molecule has 25 heavy (non-hydrogen) atoms. The van der Waals surface area contributed by atoms with Crippen LogP contribution in [0.3, 0.4) is 0 Å². The monoisotopic (exact) mass is 338 g/mol. The number of benzene rings is 2. The summed E-state index contributed by atoms with van der Waals surface area (Å²) in [4.78, 5) is 16.8. The molecule has 0 aliphatic carbocycles. The Labute approximate surface area is 140 Å². The highest BCUT2D eigenvalue weighted by atomic mass is 19.1. The van der Waals surface area contributed by atoms with Gasteiger partial charge in [-0.2, -0.15) is 4.98 Å². The second-order valence-corrected chi connectivity index (χ2v) is 5.43. The normalized spacial score (nSPS) is 11.1. The molecule has 0 radical (unpaired) electrons. The van der Waals surface area contributed by atoms with Gasteiger partial charge in [0, 0.05) is 30.3 Å². The van der Waals surface area contributed by atoms with Gasteiger partial charge in [-0.05, 0) is 24.3 Å². The number of hydrogen-bond acceptors (Lipinski definition) is 6. The average Bonchev–Trinajstić information content (AvgIpc) is 3.08. The smallest absolute Gasteiger partial charge is 0.271 e. The molecule has 2 aromatic heterocycles. The Hall–Kier alpha value is -3.62. The molecule has 2 aromatic carbocycles. The standard InChI is InChI=1S/C16H11FN6O2/c1-21(11-4-2-3-10(17)7-11)15-13-6-5-12(23(24)25)8-14(13)22-9-18-20-16(22)19-15/h2-9H,1H3. The van der Waals surface area contributed by atoms with Crippen molar-refractivity contribution >= 4 is 33.9 Å². The maximum atomic E-state index is 13.6. The highest BCUT2D eigenvalue weighted by molar-refractivity contribution is 5.94. The van der Waals surface area contributed by atoms with Crippen LogP contribution in [0.4, 0.5) is 21.6 Å². The predicted molar refractivity (Wildman–Crippen MR) is 89.4 cm³/mol. The molecule has 124 valence electrons. The fraction of sp³-hybridized carbons (Fsp3) is 0.0625. The zero-order valence-electron chi connectivity index (χ0n) is 13.0. The Morgan fingerprint density at radius 2 is 2.08 bits per heavy atom. The molecule has 0 aliphatic heterocycles. The van der Waals surface area contributed by atoms with Gasteiger partial charge in [-0.15, -0.1) is 10.2 Å². The van der Waals surface area contributed by atoms with Crippen LogP contribution in [-0.4, -0.2) is 31.6 Å².